The lowest BCUT2D eigenvalue weighted by atomic mass is 10.2. The first-order valence-electron chi connectivity index (χ1n) is 8.15. The maximum atomic E-state index is 12.5. The molecule has 1 unspecified atom stereocenters. The van der Waals surface area contributed by atoms with Crippen molar-refractivity contribution < 1.29 is 13.2 Å². The predicted octanol–water partition coefficient (Wildman–Crippen LogP) is 2.06. The van der Waals surface area contributed by atoms with Gasteiger partial charge in [0.1, 0.15) is 0 Å². The molecule has 1 aromatic carbocycles. The summed E-state index contributed by atoms with van der Waals surface area (Å²) >= 11 is 0. The molecule has 2 rings (SSSR count). The fraction of sp³-hybridized carbons (Fsp3) is 0.444. The first-order valence-corrected chi connectivity index (χ1v) is 9.98. The zero-order valence-corrected chi connectivity index (χ0v) is 15.3. The zero-order valence-electron chi connectivity index (χ0n) is 14.5. The average molecular weight is 361 g/mol. The number of para-hydroxylation sites is 1. The molecular weight excluding hydrogens is 338 g/mol. The normalized spacial score (nSPS) is 13.0. The Morgan fingerprint density at radius 1 is 1.32 bits per heavy atom. The molecule has 1 aromatic heterocycles. The third-order valence-electron chi connectivity index (χ3n) is 3.59. The Morgan fingerprint density at radius 2 is 2.08 bits per heavy atom. The van der Waals surface area contributed by atoms with E-state index in [4.69, 9.17) is 10.00 Å². The molecular formula is C18H23N3O3S. The van der Waals surface area contributed by atoms with Crippen LogP contribution >= 0.6 is 0 Å². The molecule has 6 nitrogen and oxygen atoms in total. The van der Waals surface area contributed by atoms with Crippen molar-refractivity contribution >= 4 is 20.7 Å². The van der Waals surface area contributed by atoms with Crippen LogP contribution in [0.25, 0.3) is 10.9 Å². The van der Waals surface area contributed by atoms with Gasteiger partial charge in [-0.2, -0.15) is 5.26 Å². The van der Waals surface area contributed by atoms with Gasteiger partial charge in [-0.25, -0.2) is 8.42 Å². The summed E-state index contributed by atoms with van der Waals surface area (Å²) in [5.74, 6) is -0.175. The van der Waals surface area contributed by atoms with Gasteiger partial charge >= 0.3 is 0 Å². The number of hydrogen-bond donors (Lipinski definition) is 1. The van der Waals surface area contributed by atoms with Crippen molar-refractivity contribution in [2.24, 2.45) is 0 Å². The first-order chi connectivity index (χ1) is 11.9. The summed E-state index contributed by atoms with van der Waals surface area (Å²) in [5.41, 5.74) is 1.49. The summed E-state index contributed by atoms with van der Waals surface area (Å²) in [4.78, 5) is 4.31. The van der Waals surface area contributed by atoms with Crippen molar-refractivity contribution in [2.75, 3.05) is 18.9 Å². The van der Waals surface area contributed by atoms with E-state index in [2.05, 4.69) is 10.3 Å². The van der Waals surface area contributed by atoms with Crippen LogP contribution in [0.5, 0.6) is 0 Å². The van der Waals surface area contributed by atoms with Crippen LogP contribution in [0.3, 0.4) is 0 Å². The van der Waals surface area contributed by atoms with Gasteiger partial charge in [0.15, 0.2) is 9.84 Å². The van der Waals surface area contributed by atoms with Crippen LogP contribution in [0.4, 0.5) is 0 Å². The van der Waals surface area contributed by atoms with Gasteiger partial charge in [0.2, 0.25) is 0 Å². The van der Waals surface area contributed by atoms with E-state index in [1.165, 1.54) is 0 Å². The summed E-state index contributed by atoms with van der Waals surface area (Å²) in [6, 6.07) is 11.0. The third kappa shape index (κ3) is 6.42. The number of benzene rings is 1. The number of pyridine rings is 1. The molecule has 1 atom stereocenters. The van der Waals surface area contributed by atoms with Crippen molar-refractivity contribution in [1.29, 1.82) is 5.26 Å². The van der Waals surface area contributed by atoms with Crippen molar-refractivity contribution in [3.8, 4) is 6.07 Å². The van der Waals surface area contributed by atoms with Crippen LogP contribution in [0, 0.1) is 11.3 Å². The molecule has 0 amide bonds. The van der Waals surface area contributed by atoms with Gasteiger partial charge in [0.05, 0.1) is 42.3 Å². The minimum Gasteiger partial charge on any atom is -0.377 e. The second kappa shape index (κ2) is 8.90. The second-order valence-corrected chi connectivity index (χ2v) is 8.32. The molecule has 0 radical (unpaired) electrons. The van der Waals surface area contributed by atoms with E-state index in [9.17, 15) is 8.42 Å². The number of fused-ring (bicyclic) bond motifs is 1. The molecule has 0 saturated heterocycles. The van der Waals surface area contributed by atoms with Gasteiger partial charge in [-0.3, -0.25) is 10.3 Å². The Hall–Kier alpha value is -2.01. The molecule has 0 spiro atoms. The van der Waals surface area contributed by atoms with Gasteiger partial charge in [0, 0.05) is 17.6 Å². The van der Waals surface area contributed by atoms with Crippen LogP contribution in [0.15, 0.2) is 36.5 Å². The molecule has 0 fully saturated rings. The summed E-state index contributed by atoms with van der Waals surface area (Å²) in [7, 11) is -3.37. The topological polar surface area (TPSA) is 92.1 Å². The standard InChI is InChI=1S/C18H23N3O3S/c1-14(2)24-11-17(20-8-7-19)13-25(22,23)12-15-9-16-5-3-4-6-18(16)21-10-15/h3-6,9-10,14,17,20H,8,11-13H2,1-2H3. The highest BCUT2D eigenvalue weighted by molar-refractivity contribution is 7.90. The Labute approximate surface area is 148 Å². The van der Waals surface area contributed by atoms with Gasteiger partial charge in [0.25, 0.3) is 0 Å². The molecule has 1 heterocycles. The monoisotopic (exact) mass is 361 g/mol. The van der Waals surface area contributed by atoms with Crippen molar-refractivity contribution in [3.05, 3.63) is 42.1 Å². The third-order valence-corrected chi connectivity index (χ3v) is 5.27. The predicted molar refractivity (Wildman–Crippen MR) is 97.7 cm³/mol. The number of nitrogens with zero attached hydrogens (tertiary/aromatic N) is 2. The van der Waals surface area contributed by atoms with Crippen LogP contribution in [-0.2, 0) is 20.3 Å². The molecule has 0 aliphatic heterocycles. The number of rotatable bonds is 9. The summed E-state index contributed by atoms with van der Waals surface area (Å²) in [5, 5.41) is 12.5. The van der Waals surface area contributed by atoms with Crippen LogP contribution in [0.2, 0.25) is 0 Å². The van der Waals surface area contributed by atoms with Crippen molar-refractivity contribution in [2.45, 2.75) is 31.7 Å². The molecule has 0 saturated carbocycles. The number of nitriles is 1. The smallest absolute Gasteiger partial charge is 0.156 e. The maximum Gasteiger partial charge on any atom is 0.156 e. The van der Waals surface area contributed by atoms with Gasteiger partial charge in [-0.15, -0.1) is 0 Å². The Bertz CT molecular complexity index is 844. The highest BCUT2D eigenvalue weighted by Gasteiger charge is 2.20. The van der Waals surface area contributed by atoms with E-state index in [0.717, 1.165) is 10.9 Å². The second-order valence-electron chi connectivity index (χ2n) is 6.21. The van der Waals surface area contributed by atoms with Gasteiger partial charge < -0.3 is 4.74 Å². The number of sulfone groups is 1. The van der Waals surface area contributed by atoms with E-state index in [-0.39, 0.29) is 30.8 Å². The molecule has 7 heteroatoms. The van der Waals surface area contributed by atoms with E-state index >= 15 is 0 Å². The lowest BCUT2D eigenvalue weighted by Gasteiger charge is -2.19. The number of hydrogen-bond acceptors (Lipinski definition) is 6. The van der Waals surface area contributed by atoms with E-state index in [1.807, 2.05) is 50.2 Å². The van der Waals surface area contributed by atoms with Crippen molar-refractivity contribution in [3.63, 3.8) is 0 Å². The molecule has 0 bridgehead atoms. The fourth-order valence-corrected chi connectivity index (χ4v) is 4.09. The van der Waals surface area contributed by atoms with E-state index < -0.39 is 15.9 Å². The highest BCUT2D eigenvalue weighted by atomic mass is 32.2. The molecule has 2 aromatic rings. The number of aromatic nitrogens is 1. The van der Waals surface area contributed by atoms with E-state index in [0.29, 0.717) is 5.56 Å². The average Bonchev–Trinajstić information content (AvgIpc) is 2.56. The summed E-state index contributed by atoms with van der Waals surface area (Å²) < 4.78 is 30.6. The van der Waals surface area contributed by atoms with Crippen LogP contribution < -0.4 is 5.32 Å². The maximum absolute atomic E-state index is 12.5. The summed E-state index contributed by atoms with van der Waals surface area (Å²) in [6.45, 7) is 4.10. The zero-order chi connectivity index (χ0) is 18.3. The quantitative estimate of drug-likeness (QED) is 0.687. The van der Waals surface area contributed by atoms with Gasteiger partial charge in [-0.1, -0.05) is 18.2 Å². The molecule has 1 N–H and O–H groups in total. The van der Waals surface area contributed by atoms with Crippen LogP contribution in [0.1, 0.15) is 19.4 Å². The Morgan fingerprint density at radius 3 is 2.80 bits per heavy atom. The molecule has 0 aliphatic carbocycles. The fourth-order valence-electron chi connectivity index (χ4n) is 2.48. The van der Waals surface area contributed by atoms with Crippen LogP contribution in [-0.4, -0.2) is 44.5 Å². The largest absolute Gasteiger partial charge is 0.377 e. The van der Waals surface area contributed by atoms with E-state index in [1.54, 1.807) is 6.20 Å². The molecule has 0 aliphatic rings. The Kier molecular flexibility index (Phi) is 6.88. The minimum absolute atomic E-state index is 0.00113. The minimum atomic E-state index is -3.37. The molecule has 134 valence electrons. The molecule has 25 heavy (non-hydrogen) atoms. The number of ether oxygens (including phenoxy) is 1. The lowest BCUT2D eigenvalue weighted by molar-refractivity contribution is 0.0658. The lowest BCUT2D eigenvalue weighted by Crippen LogP contribution is -2.40. The van der Waals surface area contributed by atoms with Gasteiger partial charge in [-0.05, 0) is 31.5 Å². The number of nitrogens with one attached hydrogen (secondary N) is 1. The van der Waals surface area contributed by atoms with Crippen molar-refractivity contribution in [1.82, 2.24) is 10.3 Å². The SMILES string of the molecule is CC(C)OCC(CS(=O)(=O)Cc1cnc2ccccc2c1)NCC#N. The Balaban J connectivity index is 2.07. The highest BCUT2D eigenvalue weighted by Crippen LogP contribution is 2.15. The summed E-state index contributed by atoms with van der Waals surface area (Å²) in [6.07, 6.45) is 1.60. The first kappa shape index (κ1) is 19.3.